The van der Waals surface area contributed by atoms with Crippen LogP contribution in [-0.2, 0) is 16.1 Å². The molecule has 35 heavy (non-hydrogen) atoms. The third-order valence-electron chi connectivity index (χ3n) is 6.87. The molecule has 186 valence electrons. The van der Waals surface area contributed by atoms with Gasteiger partial charge in [0.2, 0.25) is 11.8 Å². The van der Waals surface area contributed by atoms with Crippen LogP contribution in [0, 0.1) is 11.8 Å². The normalized spacial score (nSPS) is 20.2. The minimum atomic E-state index is -2.70. The number of carbonyl (C=O) groups excluding carboxylic acids is 1. The average Bonchev–Trinajstić information content (AvgIpc) is 3.24. The molecule has 1 aliphatic heterocycles. The zero-order valence-electron chi connectivity index (χ0n) is 19.2. The first-order valence-electron chi connectivity index (χ1n) is 11.9. The van der Waals surface area contributed by atoms with Crippen LogP contribution in [0.4, 0.5) is 13.6 Å². The summed E-state index contributed by atoms with van der Waals surface area (Å²) < 4.78 is 44.1. The Bertz CT molecular complexity index is 1160. The molecular weight excluding hydrogens is 458 g/mol. The molecule has 3 aromatic rings. The number of benzene rings is 2. The van der Waals surface area contributed by atoms with Crippen molar-refractivity contribution in [2.75, 3.05) is 13.2 Å². The number of ether oxygens (including phenoxy) is 2. The number of nitrogens with zero attached hydrogens (tertiary/aromatic N) is 1. The highest BCUT2D eigenvalue weighted by Crippen LogP contribution is 2.42. The lowest BCUT2D eigenvalue weighted by molar-refractivity contribution is -0.0923. The molecule has 1 amide bonds. The summed E-state index contributed by atoms with van der Waals surface area (Å²) in [6.07, 6.45) is -1.40. The van der Waals surface area contributed by atoms with E-state index in [0.717, 1.165) is 5.56 Å². The second-order valence-electron chi connectivity index (χ2n) is 9.40. The van der Waals surface area contributed by atoms with Crippen molar-refractivity contribution < 1.29 is 32.6 Å². The van der Waals surface area contributed by atoms with Crippen LogP contribution in [0.25, 0.3) is 11.1 Å². The molecule has 2 fully saturated rings. The van der Waals surface area contributed by atoms with Gasteiger partial charge in [0.15, 0.2) is 5.58 Å². The third kappa shape index (κ3) is 5.46. The van der Waals surface area contributed by atoms with E-state index in [0.29, 0.717) is 29.9 Å². The number of carbonyl (C=O) groups is 1. The van der Waals surface area contributed by atoms with Crippen molar-refractivity contribution in [1.82, 2.24) is 10.3 Å². The number of fused-ring (bicyclic) bond motifs is 1. The van der Waals surface area contributed by atoms with Crippen molar-refractivity contribution in [3.8, 4) is 0 Å². The lowest BCUT2D eigenvalue weighted by Gasteiger charge is -2.32. The number of nitrogens with one attached hydrogen (secondary N) is 1. The van der Waals surface area contributed by atoms with Crippen LogP contribution in [0.3, 0.4) is 0 Å². The topological polar surface area (TPSA) is 93.8 Å². The molecule has 1 aliphatic carbocycles. The van der Waals surface area contributed by atoms with Crippen LogP contribution < -0.4 is 5.32 Å². The molecule has 1 saturated carbocycles. The second-order valence-corrected chi connectivity index (χ2v) is 9.40. The van der Waals surface area contributed by atoms with Crippen molar-refractivity contribution >= 4 is 17.2 Å². The lowest BCUT2D eigenvalue weighted by Crippen LogP contribution is -2.37. The Morgan fingerprint density at radius 3 is 2.57 bits per heavy atom. The van der Waals surface area contributed by atoms with Crippen LogP contribution >= 0.6 is 0 Å². The maximum Gasteiger partial charge on any atom is 0.408 e. The van der Waals surface area contributed by atoms with E-state index < -0.39 is 24.2 Å². The van der Waals surface area contributed by atoms with E-state index >= 15 is 0 Å². The molecule has 2 atom stereocenters. The zero-order valence-corrected chi connectivity index (χ0v) is 19.2. The quantitative estimate of drug-likeness (QED) is 0.471. The molecule has 0 bridgehead atoms. The SMILES string of the molecule is O=C(NC(c1nc2cc(C(O)C3COC3)ccc2o1)C1CCC(F)(F)CC1)OCc1ccccc1. The van der Waals surface area contributed by atoms with Gasteiger partial charge in [-0.05, 0) is 42.0 Å². The first kappa shape index (κ1) is 23.7. The fraction of sp³-hybridized carbons (Fsp3) is 0.462. The summed E-state index contributed by atoms with van der Waals surface area (Å²) in [4.78, 5) is 17.2. The monoisotopic (exact) mass is 486 g/mol. The highest BCUT2D eigenvalue weighted by Gasteiger charge is 2.40. The summed E-state index contributed by atoms with van der Waals surface area (Å²) in [5.74, 6) is -2.70. The van der Waals surface area contributed by atoms with Gasteiger partial charge in [0, 0.05) is 18.8 Å². The average molecular weight is 487 g/mol. The molecule has 1 saturated heterocycles. The summed E-state index contributed by atoms with van der Waals surface area (Å²) in [5.41, 5.74) is 2.56. The van der Waals surface area contributed by atoms with E-state index in [2.05, 4.69) is 10.3 Å². The molecule has 0 radical (unpaired) electrons. The Morgan fingerprint density at radius 1 is 1.14 bits per heavy atom. The number of amides is 1. The Kier molecular flexibility index (Phi) is 6.71. The van der Waals surface area contributed by atoms with Crippen LogP contribution in [0.2, 0.25) is 0 Å². The van der Waals surface area contributed by atoms with Crippen molar-refractivity contribution in [1.29, 1.82) is 0 Å². The molecule has 5 rings (SSSR count). The first-order chi connectivity index (χ1) is 16.9. The van der Waals surface area contributed by atoms with Crippen LogP contribution in [0.15, 0.2) is 52.9 Å². The molecule has 9 heteroatoms. The zero-order chi connectivity index (χ0) is 24.4. The predicted octanol–water partition coefficient (Wildman–Crippen LogP) is 5.30. The minimum Gasteiger partial charge on any atom is -0.445 e. The van der Waals surface area contributed by atoms with Gasteiger partial charge in [0.05, 0.1) is 19.3 Å². The minimum absolute atomic E-state index is 0.0385. The predicted molar refractivity (Wildman–Crippen MR) is 123 cm³/mol. The molecule has 2 N–H and O–H groups in total. The van der Waals surface area contributed by atoms with Gasteiger partial charge >= 0.3 is 6.09 Å². The summed E-state index contributed by atoms with van der Waals surface area (Å²) in [6.45, 7) is 1.10. The van der Waals surface area contributed by atoms with Gasteiger partial charge in [-0.15, -0.1) is 0 Å². The number of alkyl halides is 2. The molecule has 2 unspecified atom stereocenters. The molecule has 2 aromatic carbocycles. The fourth-order valence-corrected chi connectivity index (χ4v) is 4.66. The van der Waals surface area contributed by atoms with E-state index in [1.54, 1.807) is 18.2 Å². The number of hydrogen-bond donors (Lipinski definition) is 2. The summed E-state index contributed by atoms with van der Waals surface area (Å²) in [6, 6.07) is 13.8. The van der Waals surface area contributed by atoms with E-state index in [1.165, 1.54) is 0 Å². The standard InChI is InChI=1S/C26H28F2N2O5/c27-26(28)10-8-17(9-11-26)22(30-25(32)34-13-16-4-2-1-3-5-16)24-29-20-12-18(6-7-21(20)35-24)23(31)19-14-33-15-19/h1-7,12,17,19,22-23,31H,8-11,13-15H2,(H,30,32). The number of rotatable bonds is 7. The second kappa shape index (κ2) is 9.91. The number of hydrogen-bond acceptors (Lipinski definition) is 6. The Balaban J connectivity index is 1.35. The highest BCUT2D eigenvalue weighted by atomic mass is 19.3. The summed E-state index contributed by atoms with van der Waals surface area (Å²) in [7, 11) is 0. The van der Waals surface area contributed by atoms with Crippen molar-refractivity contribution in [3.05, 3.63) is 65.5 Å². The number of halogens is 2. The Labute approximate surface area is 201 Å². The maximum atomic E-state index is 13.8. The van der Waals surface area contributed by atoms with Crippen LogP contribution in [0.1, 0.15) is 54.8 Å². The van der Waals surface area contributed by atoms with Gasteiger partial charge in [0.1, 0.15) is 18.2 Å². The molecule has 2 aliphatic rings. The summed E-state index contributed by atoms with van der Waals surface area (Å²) in [5, 5.41) is 13.4. The summed E-state index contributed by atoms with van der Waals surface area (Å²) >= 11 is 0. The van der Waals surface area contributed by atoms with Crippen LogP contribution in [0.5, 0.6) is 0 Å². The number of aromatic nitrogens is 1. The molecule has 0 spiro atoms. The largest absolute Gasteiger partial charge is 0.445 e. The lowest BCUT2D eigenvalue weighted by atomic mass is 9.82. The first-order valence-corrected chi connectivity index (χ1v) is 11.9. The molecule has 1 aromatic heterocycles. The number of aliphatic hydroxyl groups is 1. The Hall–Kier alpha value is -3.04. The van der Waals surface area contributed by atoms with Crippen molar-refractivity contribution in [2.45, 2.75) is 50.4 Å². The number of aliphatic hydroxyl groups excluding tert-OH is 1. The Morgan fingerprint density at radius 2 is 1.89 bits per heavy atom. The van der Waals surface area contributed by atoms with Crippen molar-refractivity contribution in [3.63, 3.8) is 0 Å². The van der Waals surface area contributed by atoms with E-state index in [9.17, 15) is 18.7 Å². The third-order valence-corrected chi connectivity index (χ3v) is 6.87. The highest BCUT2D eigenvalue weighted by molar-refractivity contribution is 5.74. The molecular formula is C26H28F2N2O5. The van der Waals surface area contributed by atoms with E-state index in [1.807, 2.05) is 30.3 Å². The number of oxazole rings is 1. The molecule has 2 heterocycles. The number of alkyl carbamates (subject to hydrolysis) is 1. The van der Waals surface area contributed by atoms with E-state index in [4.69, 9.17) is 13.9 Å². The van der Waals surface area contributed by atoms with Gasteiger partial charge < -0.3 is 24.3 Å². The van der Waals surface area contributed by atoms with Crippen LogP contribution in [-0.4, -0.2) is 35.3 Å². The van der Waals surface area contributed by atoms with Gasteiger partial charge in [-0.2, -0.15) is 0 Å². The molecule has 7 nitrogen and oxygen atoms in total. The van der Waals surface area contributed by atoms with Gasteiger partial charge in [-0.3, -0.25) is 0 Å². The smallest absolute Gasteiger partial charge is 0.408 e. The van der Waals surface area contributed by atoms with E-state index in [-0.39, 0.29) is 50.0 Å². The van der Waals surface area contributed by atoms with Gasteiger partial charge in [-0.25, -0.2) is 18.6 Å². The van der Waals surface area contributed by atoms with Gasteiger partial charge in [0.25, 0.3) is 0 Å². The fourth-order valence-electron chi connectivity index (χ4n) is 4.66. The maximum absolute atomic E-state index is 13.8. The van der Waals surface area contributed by atoms with Crippen molar-refractivity contribution in [2.24, 2.45) is 11.8 Å². The van der Waals surface area contributed by atoms with Gasteiger partial charge in [-0.1, -0.05) is 36.4 Å².